The summed E-state index contributed by atoms with van der Waals surface area (Å²) in [5.74, 6) is 0.213. The molecule has 9 nitrogen and oxygen atoms in total. The van der Waals surface area contributed by atoms with Crippen LogP contribution in [0.3, 0.4) is 0 Å². The van der Waals surface area contributed by atoms with Crippen molar-refractivity contribution in [2.45, 2.75) is 46.1 Å². The Balaban J connectivity index is 1.45. The zero-order valence-corrected chi connectivity index (χ0v) is 18.7. The van der Waals surface area contributed by atoms with Crippen LogP contribution in [0.5, 0.6) is 0 Å². The lowest BCUT2D eigenvalue weighted by Gasteiger charge is -2.11. The van der Waals surface area contributed by atoms with Gasteiger partial charge in [0, 0.05) is 28.6 Å². The van der Waals surface area contributed by atoms with E-state index in [2.05, 4.69) is 30.1 Å². The topological polar surface area (TPSA) is 122 Å². The van der Waals surface area contributed by atoms with Crippen LogP contribution in [0.15, 0.2) is 51.5 Å². The highest BCUT2D eigenvalue weighted by Crippen LogP contribution is 2.30. The van der Waals surface area contributed by atoms with Gasteiger partial charge in [-0.1, -0.05) is 13.8 Å². The maximum absolute atomic E-state index is 12.6. The number of carbonyl (C=O) groups excluding carboxylic acids is 1. The van der Waals surface area contributed by atoms with Gasteiger partial charge in [-0.15, -0.1) is 10.2 Å². The fourth-order valence-electron chi connectivity index (χ4n) is 3.69. The van der Waals surface area contributed by atoms with E-state index in [9.17, 15) is 14.9 Å². The summed E-state index contributed by atoms with van der Waals surface area (Å²) < 4.78 is 16.7. The van der Waals surface area contributed by atoms with Crippen molar-refractivity contribution in [1.82, 2.24) is 10.2 Å². The van der Waals surface area contributed by atoms with Gasteiger partial charge >= 0.3 is 5.97 Å². The molecule has 0 radical (unpaired) electrons. The summed E-state index contributed by atoms with van der Waals surface area (Å²) in [5, 5.41) is 19.6. The molecule has 170 valence electrons. The smallest absolute Gasteiger partial charge is 0.311 e. The lowest BCUT2D eigenvalue weighted by atomic mass is 9.95. The lowest BCUT2D eigenvalue weighted by Crippen LogP contribution is -2.11. The van der Waals surface area contributed by atoms with Gasteiger partial charge in [0.25, 0.3) is 11.6 Å². The van der Waals surface area contributed by atoms with Gasteiger partial charge in [-0.2, -0.15) is 0 Å². The molecule has 1 atom stereocenters. The minimum absolute atomic E-state index is 0.0387. The Bertz CT molecular complexity index is 1320. The van der Waals surface area contributed by atoms with Gasteiger partial charge in [-0.05, 0) is 55.2 Å². The Morgan fingerprint density at radius 1 is 1.15 bits per heavy atom. The maximum Gasteiger partial charge on any atom is 0.311 e. The third kappa shape index (κ3) is 4.62. The molecule has 4 rings (SSSR count). The molecule has 0 N–H and O–H groups in total. The summed E-state index contributed by atoms with van der Waals surface area (Å²) >= 11 is 0. The first-order valence-corrected chi connectivity index (χ1v) is 10.5. The van der Waals surface area contributed by atoms with E-state index in [1.165, 1.54) is 29.8 Å². The number of nitro groups is 1. The summed E-state index contributed by atoms with van der Waals surface area (Å²) in [5.41, 5.74) is 4.33. The monoisotopic (exact) mass is 449 g/mol. The van der Waals surface area contributed by atoms with Crippen molar-refractivity contribution in [3.05, 3.63) is 75.4 Å². The van der Waals surface area contributed by atoms with E-state index >= 15 is 0 Å². The molecule has 0 aliphatic carbocycles. The molecule has 0 amide bonds. The Hall–Kier alpha value is -4.01. The fraction of sp³-hybridized carbons (Fsp3) is 0.292. The molecule has 0 saturated carbocycles. The number of nitro benzene ring substituents is 1. The number of furan rings is 1. The molecule has 0 bridgehead atoms. The largest absolute Gasteiger partial charge is 0.464 e. The van der Waals surface area contributed by atoms with Gasteiger partial charge in [0.1, 0.15) is 5.58 Å². The molecule has 9 heteroatoms. The van der Waals surface area contributed by atoms with Crippen LogP contribution < -0.4 is 0 Å². The molecule has 0 fully saturated rings. The minimum atomic E-state index is -0.761. The van der Waals surface area contributed by atoms with E-state index in [1.807, 2.05) is 13.0 Å². The Morgan fingerprint density at radius 3 is 2.55 bits per heavy atom. The predicted molar refractivity (Wildman–Crippen MR) is 120 cm³/mol. The highest BCUT2D eigenvalue weighted by molar-refractivity contribution is 5.87. The van der Waals surface area contributed by atoms with Gasteiger partial charge in [0.2, 0.25) is 5.89 Å². The summed E-state index contributed by atoms with van der Waals surface area (Å²) in [6, 6.07) is 9.79. The van der Waals surface area contributed by atoms with E-state index in [0.717, 1.165) is 22.1 Å². The number of benzene rings is 2. The van der Waals surface area contributed by atoms with E-state index in [1.54, 1.807) is 13.2 Å². The number of hydrogen-bond acceptors (Lipinski definition) is 8. The highest BCUT2D eigenvalue weighted by Gasteiger charge is 2.21. The molecular weight excluding hydrogens is 426 g/mol. The third-order valence-corrected chi connectivity index (χ3v) is 5.42. The normalized spacial score (nSPS) is 12.3. The average molecular weight is 449 g/mol. The van der Waals surface area contributed by atoms with Gasteiger partial charge in [-0.3, -0.25) is 14.9 Å². The maximum atomic E-state index is 12.6. The van der Waals surface area contributed by atoms with Crippen LogP contribution in [-0.4, -0.2) is 21.1 Å². The molecule has 4 aromatic rings. The number of fused-ring (bicyclic) bond motifs is 1. The number of aryl methyl sites for hydroxylation is 1. The summed E-state index contributed by atoms with van der Waals surface area (Å²) in [7, 11) is 0. The van der Waals surface area contributed by atoms with Gasteiger partial charge < -0.3 is 13.6 Å². The molecule has 0 aliphatic rings. The molecular formula is C24H23N3O6. The predicted octanol–water partition coefficient (Wildman–Crippen LogP) is 5.67. The number of aromatic nitrogens is 2. The van der Waals surface area contributed by atoms with Crippen molar-refractivity contribution in [1.29, 1.82) is 0 Å². The zero-order chi connectivity index (χ0) is 23.7. The van der Waals surface area contributed by atoms with Gasteiger partial charge in [-0.25, -0.2) is 0 Å². The van der Waals surface area contributed by atoms with Crippen LogP contribution >= 0.6 is 0 Å². The van der Waals surface area contributed by atoms with Crippen molar-refractivity contribution in [3.63, 3.8) is 0 Å². The van der Waals surface area contributed by atoms with E-state index in [0.29, 0.717) is 11.5 Å². The van der Waals surface area contributed by atoms with Crippen LogP contribution in [0.2, 0.25) is 0 Å². The molecule has 0 saturated heterocycles. The first kappa shape index (κ1) is 22.2. The van der Waals surface area contributed by atoms with E-state index in [4.69, 9.17) is 13.6 Å². The van der Waals surface area contributed by atoms with E-state index in [-0.39, 0.29) is 23.9 Å². The minimum Gasteiger partial charge on any atom is -0.464 e. The number of ether oxygens (including phenoxy) is 1. The average Bonchev–Trinajstić information content (AvgIpc) is 3.40. The summed E-state index contributed by atoms with van der Waals surface area (Å²) in [4.78, 5) is 22.9. The molecule has 2 aromatic heterocycles. The molecule has 1 unspecified atom stereocenters. The Kier molecular flexibility index (Phi) is 5.95. The number of esters is 1. The van der Waals surface area contributed by atoms with Crippen molar-refractivity contribution in [2.24, 2.45) is 0 Å². The molecule has 0 spiro atoms. The number of carbonyl (C=O) groups is 1. The van der Waals surface area contributed by atoms with Gasteiger partial charge in [0.05, 0.1) is 17.6 Å². The molecule has 0 aliphatic heterocycles. The standard InChI is InChI=1S/C24H23N3O6/c1-13(2)19-11-20-17(12-31-21(20)9-14(19)3)10-22(28)32-15(4)23-25-26-24(33-23)16-5-7-18(8-6-16)27(29)30/h5-9,11-13,15H,10H2,1-4H3. The first-order chi connectivity index (χ1) is 15.7. The Labute approximate surface area is 189 Å². The van der Waals surface area contributed by atoms with Gasteiger partial charge in [0.15, 0.2) is 6.10 Å². The zero-order valence-electron chi connectivity index (χ0n) is 18.7. The third-order valence-electron chi connectivity index (χ3n) is 5.42. The van der Waals surface area contributed by atoms with E-state index < -0.39 is 17.0 Å². The summed E-state index contributed by atoms with van der Waals surface area (Å²) in [6.45, 7) is 7.93. The van der Waals surface area contributed by atoms with Crippen molar-refractivity contribution in [2.75, 3.05) is 0 Å². The quantitative estimate of drug-likeness (QED) is 0.201. The first-order valence-electron chi connectivity index (χ1n) is 10.5. The van der Waals surface area contributed by atoms with Crippen LogP contribution in [0, 0.1) is 17.0 Å². The number of nitrogens with zero attached hydrogens (tertiary/aromatic N) is 3. The van der Waals surface area contributed by atoms with Crippen molar-refractivity contribution >= 4 is 22.6 Å². The van der Waals surface area contributed by atoms with Crippen LogP contribution in [0.1, 0.15) is 55.4 Å². The van der Waals surface area contributed by atoms with Crippen LogP contribution in [-0.2, 0) is 16.0 Å². The Morgan fingerprint density at radius 2 is 1.88 bits per heavy atom. The molecule has 33 heavy (non-hydrogen) atoms. The second-order valence-corrected chi connectivity index (χ2v) is 8.18. The molecule has 2 heterocycles. The summed E-state index contributed by atoms with van der Waals surface area (Å²) in [6.07, 6.45) is 0.865. The second-order valence-electron chi connectivity index (χ2n) is 8.18. The SMILES string of the molecule is Cc1cc2occ(CC(=O)OC(C)c3nnc(-c4ccc([N+](=O)[O-])cc4)o3)c2cc1C(C)C. The lowest BCUT2D eigenvalue weighted by molar-refractivity contribution is -0.384. The number of non-ortho nitro benzene ring substituents is 1. The van der Waals surface area contributed by atoms with Crippen molar-refractivity contribution < 1.29 is 23.3 Å². The number of hydrogen-bond donors (Lipinski definition) is 0. The number of rotatable bonds is 7. The highest BCUT2D eigenvalue weighted by atomic mass is 16.6. The van der Waals surface area contributed by atoms with Crippen LogP contribution in [0.25, 0.3) is 22.4 Å². The fourth-order valence-corrected chi connectivity index (χ4v) is 3.69. The van der Waals surface area contributed by atoms with Crippen molar-refractivity contribution in [3.8, 4) is 11.5 Å². The molecule has 2 aromatic carbocycles. The second kappa shape index (κ2) is 8.85. The van der Waals surface area contributed by atoms with Crippen LogP contribution in [0.4, 0.5) is 5.69 Å².